The van der Waals surface area contributed by atoms with Gasteiger partial charge in [-0.25, -0.2) is 0 Å². The summed E-state index contributed by atoms with van der Waals surface area (Å²) in [6.07, 6.45) is -0.0194. The van der Waals surface area contributed by atoms with Gasteiger partial charge in [0.1, 0.15) is 23.0 Å². The quantitative estimate of drug-likeness (QED) is 0.217. The monoisotopic (exact) mass is 521 g/mol. The van der Waals surface area contributed by atoms with Gasteiger partial charge in [-0.1, -0.05) is 23.7 Å². The highest BCUT2D eigenvalue weighted by molar-refractivity contribution is 6.52. The van der Waals surface area contributed by atoms with E-state index < -0.39 is 17.7 Å². The molecular formula is C29H28ClNO6. The lowest BCUT2D eigenvalue weighted by Gasteiger charge is -2.26. The first kappa shape index (κ1) is 26.1. The molecule has 192 valence electrons. The SMILES string of the molecule is CCOc1ccc(Cl)c(/C(O)=C2\C(=O)C(=O)N(c3ccc(OC(C)C)cc3)C2c2cccc(OC)c2)c1. The third-order valence-electron chi connectivity index (χ3n) is 5.84. The standard InChI is InChI=1S/C29H28ClNO6/c1-5-36-22-13-14-24(30)23(16-22)27(32)25-26(18-7-6-8-21(15-18)35-4)31(29(34)28(25)33)19-9-11-20(12-10-19)37-17(2)3/h6-17,26,32H,5H2,1-4H3/b27-25+. The van der Waals surface area contributed by atoms with E-state index in [2.05, 4.69) is 0 Å². The second-order valence-corrected chi connectivity index (χ2v) is 9.09. The molecule has 0 aliphatic carbocycles. The summed E-state index contributed by atoms with van der Waals surface area (Å²) in [5.74, 6) is -0.344. The van der Waals surface area contributed by atoms with Gasteiger partial charge in [0.15, 0.2) is 0 Å². The molecule has 8 heteroatoms. The van der Waals surface area contributed by atoms with Crippen molar-refractivity contribution in [3.05, 3.63) is 88.5 Å². The van der Waals surface area contributed by atoms with E-state index in [9.17, 15) is 14.7 Å². The highest BCUT2D eigenvalue weighted by Crippen LogP contribution is 2.44. The van der Waals surface area contributed by atoms with Crippen LogP contribution in [-0.2, 0) is 9.59 Å². The van der Waals surface area contributed by atoms with Gasteiger partial charge in [0.05, 0.1) is 36.5 Å². The number of ether oxygens (including phenoxy) is 3. The van der Waals surface area contributed by atoms with Gasteiger partial charge in [0.25, 0.3) is 11.7 Å². The number of nitrogens with zero attached hydrogens (tertiary/aromatic N) is 1. The van der Waals surface area contributed by atoms with Crippen molar-refractivity contribution >= 4 is 34.7 Å². The van der Waals surface area contributed by atoms with Gasteiger partial charge in [-0.05, 0) is 80.9 Å². The number of hydrogen-bond acceptors (Lipinski definition) is 6. The summed E-state index contributed by atoms with van der Waals surface area (Å²) in [4.78, 5) is 28.2. The first-order valence-electron chi connectivity index (χ1n) is 11.9. The van der Waals surface area contributed by atoms with Crippen molar-refractivity contribution in [1.82, 2.24) is 0 Å². The Bertz CT molecular complexity index is 1350. The average Bonchev–Trinajstić information content (AvgIpc) is 3.15. The van der Waals surface area contributed by atoms with Crippen LogP contribution in [0.25, 0.3) is 5.76 Å². The molecule has 0 aromatic heterocycles. The third-order valence-corrected chi connectivity index (χ3v) is 6.17. The van der Waals surface area contributed by atoms with Crippen molar-refractivity contribution in [1.29, 1.82) is 0 Å². The summed E-state index contributed by atoms with van der Waals surface area (Å²) < 4.78 is 16.7. The number of hydrogen-bond donors (Lipinski definition) is 1. The zero-order valence-corrected chi connectivity index (χ0v) is 21.8. The van der Waals surface area contributed by atoms with E-state index in [1.54, 1.807) is 66.7 Å². The number of halogens is 1. The van der Waals surface area contributed by atoms with E-state index in [0.717, 1.165) is 0 Å². The third kappa shape index (κ3) is 5.27. The van der Waals surface area contributed by atoms with Gasteiger partial charge in [0.2, 0.25) is 0 Å². The van der Waals surface area contributed by atoms with E-state index in [1.165, 1.54) is 12.0 Å². The van der Waals surface area contributed by atoms with Crippen LogP contribution in [0.4, 0.5) is 5.69 Å². The van der Waals surface area contributed by atoms with Crippen LogP contribution in [-0.4, -0.2) is 36.6 Å². The maximum absolute atomic E-state index is 13.4. The Morgan fingerprint density at radius 2 is 1.70 bits per heavy atom. The van der Waals surface area contributed by atoms with E-state index in [-0.39, 0.29) is 28.0 Å². The maximum Gasteiger partial charge on any atom is 0.300 e. The molecule has 1 atom stereocenters. The lowest BCUT2D eigenvalue weighted by atomic mass is 9.95. The number of methoxy groups -OCH3 is 1. The molecule has 0 saturated carbocycles. The Morgan fingerprint density at radius 3 is 2.35 bits per heavy atom. The fraction of sp³-hybridized carbons (Fsp3) is 0.241. The molecule has 1 saturated heterocycles. The number of aliphatic hydroxyl groups is 1. The highest BCUT2D eigenvalue weighted by Gasteiger charge is 2.47. The molecule has 0 bridgehead atoms. The van der Waals surface area contributed by atoms with E-state index in [0.29, 0.717) is 35.1 Å². The van der Waals surface area contributed by atoms with Crippen LogP contribution in [0, 0.1) is 0 Å². The summed E-state index contributed by atoms with van der Waals surface area (Å²) in [6.45, 7) is 6.08. The van der Waals surface area contributed by atoms with E-state index in [4.69, 9.17) is 25.8 Å². The molecule has 37 heavy (non-hydrogen) atoms. The number of Topliss-reactive ketones (excluding diaryl/α,β-unsaturated/α-hetero) is 1. The van der Waals surface area contributed by atoms with Crippen LogP contribution >= 0.6 is 11.6 Å². The zero-order valence-electron chi connectivity index (χ0n) is 21.0. The van der Waals surface area contributed by atoms with Crippen molar-refractivity contribution in [2.75, 3.05) is 18.6 Å². The normalized spacial score (nSPS) is 16.8. The molecule has 3 aromatic rings. The molecule has 0 spiro atoms. The van der Waals surface area contributed by atoms with Crippen molar-refractivity contribution in [3.63, 3.8) is 0 Å². The molecule has 1 N–H and O–H groups in total. The molecule has 1 unspecified atom stereocenters. The fourth-order valence-corrected chi connectivity index (χ4v) is 4.48. The Hall–Kier alpha value is -3.97. The number of carbonyl (C=O) groups is 2. The molecule has 4 rings (SSSR count). The highest BCUT2D eigenvalue weighted by atomic mass is 35.5. The van der Waals surface area contributed by atoms with Gasteiger partial charge in [0, 0.05) is 11.3 Å². The lowest BCUT2D eigenvalue weighted by molar-refractivity contribution is -0.132. The van der Waals surface area contributed by atoms with Crippen LogP contribution in [0.15, 0.2) is 72.3 Å². The number of amides is 1. The first-order chi connectivity index (χ1) is 17.7. The van der Waals surface area contributed by atoms with Crippen molar-refractivity contribution in [2.45, 2.75) is 32.9 Å². The zero-order chi connectivity index (χ0) is 26.7. The van der Waals surface area contributed by atoms with Crippen molar-refractivity contribution in [2.24, 2.45) is 0 Å². The van der Waals surface area contributed by atoms with Gasteiger partial charge in [-0.3, -0.25) is 14.5 Å². The minimum atomic E-state index is -0.932. The fourth-order valence-electron chi connectivity index (χ4n) is 4.27. The van der Waals surface area contributed by atoms with Crippen molar-refractivity contribution in [3.8, 4) is 17.2 Å². The van der Waals surface area contributed by atoms with Gasteiger partial charge >= 0.3 is 0 Å². The van der Waals surface area contributed by atoms with E-state index in [1.807, 2.05) is 20.8 Å². The number of anilines is 1. The van der Waals surface area contributed by atoms with E-state index >= 15 is 0 Å². The first-order valence-corrected chi connectivity index (χ1v) is 12.3. The molecular weight excluding hydrogens is 494 g/mol. The molecule has 1 aliphatic heterocycles. The smallest absolute Gasteiger partial charge is 0.300 e. The Balaban J connectivity index is 1.91. The van der Waals surface area contributed by atoms with Gasteiger partial charge in [-0.15, -0.1) is 0 Å². The predicted molar refractivity (Wildman–Crippen MR) is 143 cm³/mol. The summed E-state index contributed by atoms with van der Waals surface area (Å²) in [5, 5.41) is 11.7. The Labute approximate surface area is 220 Å². The summed E-state index contributed by atoms with van der Waals surface area (Å²) in [7, 11) is 1.53. The molecule has 1 aliphatic rings. The Morgan fingerprint density at radius 1 is 1.00 bits per heavy atom. The number of carbonyl (C=O) groups excluding carboxylic acids is 2. The number of aliphatic hydroxyl groups excluding tert-OH is 1. The van der Waals surface area contributed by atoms with Crippen molar-refractivity contribution < 1.29 is 28.9 Å². The van der Waals surface area contributed by atoms with Crippen LogP contribution < -0.4 is 19.1 Å². The average molecular weight is 522 g/mol. The molecule has 1 fully saturated rings. The van der Waals surface area contributed by atoms with Crippen LogP contribution in [0.3, 0.4) is 0 Å². The minimum Gasteiger partial charge on any atom is -0.507 e. The lowest BCUT2D eigenvalue weighted by Crippen LogP contribution is -2.29. The maximum atomic E-state index is 13.4. The number of benzene rings is 3. The molecule has 3 aromatic carbocycles. The largest absolute Gasteiger partial charge is 0.507 e. The number of ketones is 1. The molecule has 7 nitrogen and oxygen atoms in total. The van der Waals surface area contributed by atoms with Gasteiger partial charge in [-0.2, -0.15) is 0 Å². The summed E-state index contributed by atoms with van der Waals surface area (Å²) in [5.41, 5.74) is 1.16. The number of rotatable bonds is 8. The predicted octanol–water partition coefficient (Wildman–Crippen LogP) is 6.16. The second-order valence-electron chi connectivity index (χ2n) is 8.68. The summed E-state index contributed by atoms with van der Waals surface area (Å²) in [6, 6.07) is 17.8. The van der Waals surface area contributed by atoms with Crippen LogP contribution in [0.2, 0.25) is 5.02 Å². The second kappa shape index (κ2) is 11.0. The summed E-state index contributed by atoms with van der Waals surface area (Å²) >= 11 is 6.41. The Kier molecular flexibility index (Phi) is 7.74. The van der Waals surface area contributed by atoms with Crippen LogP contribution in [0.1, 0.15) is 37.9 Å². The van der Waals surface area contributed by atoms with Crippen LogP contribution in [0.5, 0.6) is 17.2 Å². The van der Waals surface area contributed by atoms with Gasteiger partial charge < -0.3 is 19.3 Å². The molecule has 1 heterocycles. The molecule has 0 radical (unpaired) electrons. The minimum absolute atomic E-state index is 0.0194. The topological polar surface area (TPSA) is 85.3 Å². The molecule has 1 amide bonds.